The second kappa shape index (κ2) is 4.74. The van der Waals surface area contributed by atoms with Gasteiger partial charge in [-0.05, 0) is 12.5 Å². The summed E-state index contributed by atoms with van der Waals surface area (Å²) in [6.07, 6.45) is 1.90. The highest BCUT2D eigenvalue weighted by atomic mass is 15.1. The van der Waals surface area contributed by atoms with Gasteiger partial charge in [0.05, 0.1) is 5.69 Å². The Labute approximate surface area is 106 Å². The minimum atomic E-state index is 0.707. The number of rotatable bonds is 3. The fourth-order valence-electron chi connectivity index (χ4n) is 2.03. The molecule has 1 aromatic carbocycles. The first kappa shape index (κ1) is 11.2. The van der Waals surface area contributed by atoms with Crippen molar-refractivity contribution in [2.24, 2.45) is 0 Å². The molecule has 0 bridgehead atoms. The predicted octanol–water partition coefficient (Wildman–Crippen LogP) is 2.00. The van der Waals surface area contributed by atoms with Crippen LogP contribution in [0.15, 0.2) is 30.5 Å². The number of hydrogen-bond donors (Lipinski definition) is 2. The summed E-state index contributed by atoms with van der Waals surface area (Å²) < 4.78 is 0. The van der Waals surface area contributed by atoms with E-state index < -0.39 is 0 Å². The molecule has 18 heavy (non-hydrogen) atoms. The Morgan fingerprint density at radius 3 is 2.89 bits per heavy atom. The molecule has 1 aliphatic heterocycles. The normalized spacial score (nSPS) is 13.4. The molecule has 0 saturated heterocycles. The molecule has 0 amide bonds. The lowest BCUT2D eigenvalue weighted by Crippen LogP contribution is -2.05. The van der Waals surface area contributed by atoms with Crippen molar-refractivity contribution in [2.45, 2.75) is 26.6 Å². The molecular weight excluding hydrogens is 224 g/mol. The van der Waals surface area contributed by atoms with Gasteiger partial charge >= 0.3 is 0 Å². The highest BCUT2D eigenvalue weighted by Crippen LogP contribution is 2.13. The minimum absolute atomic E-state index is 0.707. The summed E-state index contributed by atoms with van der Waals surface area (Å²) in [6.45, 7) is 4.57. The SMILES string of the molecule is Cc1ccc(CNc2ncc3c(n2)CNC3)cc1. The van der Waals surface area contributed by atoms with E-state index in [0.29, 0.717) is 5.95 Å². The fraction of sp³-hybridized carbons (Fsp3) is 0.286. The minimum Gasteiger partial charge on any atom is -0.350 e. The standard InChI is InChI=1S/C14H16N4/c1-10-2-4-11(5-3-10)6-16-14-17-8-12-7-15-9-13(12)18-14/h2-5,8,15H,6-7,9H2,1H3,(H,16,17,18). The van der Waals surface area contributed by atoms with Gasteiger partial charge in [-0.2, -0.15) is 0 Å². The maximum atomic E-state index is 4.50. The third-order valence-corrected chi connectivity index (χ3v) is 3.13. The van der Waals surface area contributed by atoms with Crippen LogP contribution in [0.3, 0.4) is 0 Å². The molecule has 1 aromatic heterocycles. The van der Waals surface area contributed by atoms with Gasteiger partial charge in [0.15, 0.2) is 0 Å². The summed E-state index contributed by atoms with van der Waals surface area (Å²) in [5.74, 6) is 0.707. The van der Waals surface area contributed by atoms with Crippen LogP contribution >= 0.6 is 0 Å². The van der Waals surface area contributed by atoms with Crippen LogP contribution in [-0.2, 0) is 19.6 Å². The van der Waals surface area contributed by atoms with Crippen LogP contribution in [0.4, 0.5) is 5.95 Å². The summed E-state index contributed by atoms with van der Waals surface area (Å²) in [5.41, 5.74) is 4.83. The zero-order chi connectivity index (χ0) is 12.4. The van der Waals surface area contributed by atoms with Gasteiger partial charge in [0.2, 0.25) is 5.95 Å². The molecule has 2 aromatic rings. The maximum Gasteiger partial charge on any atom is 0.223 e. The number of benzene rings is 1. The van der Waals surface area contributed by atoms with Crippen LogP contribution in [0.5, 0.6) is 0 Å². The van der Waals surface area contributed by atoms with E-state index in [4.69, 9.17) is 0 Å². The van der Waals surface area contributed by atoms with Crippen LogP contribution in [0.2, 0.25) is 0 Å². The number of aryl methyl sites for hydroxylation is 1. The molecule has 3 rings (SSSR count). The van der Waals surface area contributed by atoms with E-state index in [9.17, 15) is 0 Å². The molecule has 0 aliphatic carbocycles. The lowest BCUT2D eigenvalue weighted by Gasteiger charge is -2.06. The Morgan fingerprint density at radius 2 is 2.06 bits per heavy atom. The van der Waals surface area contributed by atoms with Crippen molar-refractivity contribution in [2.75, 3.05) is 5.32 Å². The quantitative estimate of drug-likeness (QED) is 0.861. The summed E-state index contributed by atoms with van der Waals surface area (Å²) in [6, 6.07) is 8.48. The van der Waals surface area contributed by atoms with E-state index in [-0.39, 0.29) is 0 Å². The molecule has 0 atom stereocenters. The molecule has 0 radical (unpaired) electrons. The van der Waals surface area contributed by atoms with Crippen LogP contribution in [0.25, 0.3) is 0 Å². The van der Waals surface area contributed by atoms with E-state index in [1.165, 1.54) is 16.7 Å². The number of nitrogens with one attached hydrogen (secondary N) is 2. The lowest BCUT2D eigenvalue weighted by atomic mass is 10.1. The number of fused-ring (bicyclic) bond motifs is 1. The van der Waals surface area contributed by atoms with Gasteiger partial charge in [-0.15, -0.1) is 0 Å². The van der Waals surface area contributed by atoms with Gasteiger partial charge in [0.25, 0.3) is 0 Å². The van der Waals surface area contributed by atoms with Crippen molar-refractivity contribution in [3.05, 3.63) is 52.8 Å². The van der Waals surface area contributed by atoms with E-state index in [0.717, 1.165) is 25.3 Å². The largest absolute Gasteiger partial charge is 0.350 e. The van der Waals surface area contributed by atoms with Gasteiger partial charge in [-0.3, -0.25) is 0 Å². The summed E-state index contributed by atoms with van der Waals surface area (Å²) in [5, 5.41) is 6.52. The molecule has 4 heteroatoms. The number of aromatic nitrogens is 2. The average Bonchev–Trinajstić information content (AvgIpc) is 2.85. The molecule has 2 N–H and O–H groups in total. The van der Waals surface area contributed by atoms with E-state index in [1.54, 1.807) is 0 Å². The molecular formula is C14H16N4. The average molecular weight is 240 g/mol. The van der Waals surface area contributed by atoms with Gasteiger partial charge < -0.3 is 10.6 Å². The first-order valence-electron chi connectivity index (χ1n) is 6.16. The van der Waals surface area contributed by atoms with Crippen LogP contribution in [0.1, 0.15) is 22.4 Å². The maximum absolute atomic E-state index is 4.50. The molecule has 0 fully saturated rings. The summed E-state index contributed by atoms with van der Waals surface area (Å²) in [7, 11) is 0. The van der Waals surface area contributed by atoms with Crippen LogP contribution < -0.4 is 10.6 Å². The summed E-state index contributed by atoms with van der Waals surface area (Å²) >= 11 is 0. The third-order valence-electron chi connectivity index (χ3n) is 3.13. The number of nitrogens with zero attached hydrogens (tertiary/aromatic N) is 2. The number of anilines is 1. The number of hydrogen-bond acceptors (Lipinski definition) is 4. The summed E-state index contributed by atoms with van der Waals surface area (Å²) in [4.78, 5) is 8.82. The molecule has 4 nitrogen and oxygen atoms in total. The Bertz CT molecular complexity index is 548. The van der Waals surface area contributed by atoms with E-state index in [2.05, 4.69) is 51.8 Å². The second-order valence-electron chi connectivity index (χ2n) is 4.61. The van der Waals surface area contributed by atoms with Crippen LogP contribution in [0, 0.1) is 6.92 Å². The van der Waals surface area contributed by atoms with Gasteiger partial charge in [0.1, 0.15) is 0 Å². The Balaban J connectivity index is 1.68. The van der Waals surface area contributed by atoms with Crippen LogP contribution in [-0.4, -0.2) is 9.97 Å². The lowest BCUT2D eigenvalue weighted by molar-refractivity contribution is 0.757. The Kier molecular flexibility index (Phi) is 2.94. The smallest absolute Gasteiger partial charge is 0.223 e. The van der Waals surface area contributed by atoms with E-state index >= 15 is 0 Å². The molecule has 2 heterocycles. The third kappa shape index (κ3) is 2.33. The predicted molar refractivity (Wildman–Crippen MR) is 71.1 cm³/mol. The molecule has 0 saturated carbocycles. The van der Waals surface area contributed by atoms with Gasteiger partial charge in [-0.1, -0.05) is 29.8 Å². The van der Waals surface area contributed by atoms with Crippen molar-refractivity contribution in [1.29, 1.82) is 0 Å². The van der Waals surface area contributed by atoms with Crippen molar-refractivity contribution < 1.29 is 0 Å². The van der Waals surface area contributed by atoms with Crippen molar-refractivity contribution in [3.63, 3.8) is 0 Å². The highest BCUT2D eigenvalue weighted by molar-refractivity contribution is 5.33. The van der Waals surface area contributed by atoms with Crippen molar-refractivity contribution >= 4 is 5.95 Å². The molecule has 1 aliphatic rings. The molecule has 0 spiro atoms. The van der Waals surface area contributed by atoms with Gasteiger partial charge in [0, 0.05) is 31.4 Å². The Hall–Kier alpha value is -1.94. The van der Waals surface area contributed by atoms with Crippen molar-refractivity contribution in [1.82, 2.24) is 15.3 Å². The molecule has 92 valence electrons. The second-order valence-corrected chi connectivity index (χ2v) is 4.61. The zero-order valence-electron chi connectivity index (χ0n) is 10.4. The first-order valence-corrected chi connectivity index (χ1v) is 6.16. The van der Waals surface area contributed by atoms with E-state index in [1.807, 2.05) is 6.20 Å². The fourth-order valence-corrected chi connectivity index (χ4v) is 2.03. The monoisotopic (exact) mass is 240 g/mol. The first-order chi connectivity index (χ1) is 8.81. The van der Waals surface area contributed by atoms with Gasteiger partial charge in [-0.25, -0.2) is 9.97 Å². The Morgan fingerprint density at radius 1 is 1.22 bits per heavy atom. The molecule has 0 unspecified atom stereocenters. The highest BCUT2D eigenvalue weighted by Gasteiger charge is 2.12. The zero-order valence-corrected chi connectivity index (χ0v) is 10.4. The topological polar surface area (TPSA) is 49.8 Å². The van der Waals surface area contributed by atoms with Crippen molar-refractivity contribution in [3.8, 4) is 0 Å².